The van der Waals surface area contributed by atoms with E-state index in [9.17, 15) is 4.79 Å². The van der Waals surface area contributed by atoms with Crippen LogP contribution in [0.25, 0.3) is 17.1 Å². The first-order chi connectivity index (χ1) is 13.1. The highest BCUT2D eigenvalue weighted by Crippen LogP contribution is 2.25. The van der Waals surface area contributed by atoms with Gasteiger partial charge in [0.2, 0.25) is 0 Å². The van der Waals surface area contributed by atoms with Crippen molar-refractivity contribution in [2.24, 2.45) is 11.7 Å². The first-order valence-corrected chi connectivity index (χ1v) is 9.37. The number of amides is 1. The van der Waals surface area contributed by atoms with Gasteiger partial charge >= 0.3 is 0 Å². The maximum absolute atomic E-state index is 13.3. The number of aromatic nitrogens is 2. The number of piperidine rings is 1. The van der Waals surface area contributed by atoms with Crippen molar-refractivity contribution < 1.29 is 9.21 Å². The number of nitrogens with two attached hydrogens (primary N) is 1. The molecule has 1 amide bonds. The summed E-state index contributed by atoms with van der Waals surface area (Å²) in [6.07, 6.45) is 3.49. The number of nitrogens with zero attached hydrogens (tertiary/aromatic N) is 3. The summed E-state index contributed by atoms with van der Waals surface area (Å²) in [5.41, 5.74) is 8.08. The van der Waals surface area contributed by atoms with Gasteiger partial charge in [-0.1, -0.05) is 18.2 Å². The average Bonchev–Trinajstić information content (AvgIpc) is 3.38. The van der Waals surface area contributed by atoms with Crippen molar-refractivity contribution in [3.63, 3.8) is 0 Å². The second-order valence-corrected chi connectivity index (χ2v) is 7.13. The van der Waals surface area contributed by atoms with Crippen LogP contribution in [0.5, 0.6) is 0 Å². The Balaban J connectivity index is 0.00000225. The Bertz CT molecular complexity index is 898. The van der Waals surface area contributed by atoms with E-state index in [2.05, 4.69) is 5.10 Å². The van der Waals surface area contributed by atoms with E-state index in [1.165, 1.54) is 0 Å². The average molecular weight is 401 g/mol. The van der Waals surface area contributed by atoms with Gasteiger partial charge in [0.05, 0.1) is 12.0 Å². The van der Waals surface area contributed by atoms with Crippen molar-refractivity contribution in [3.05, 3.63) is 60.5 Å². The Kier molecular flexibility index (Phi) is 6.21. The molecule has 1 aliphatic heterocycles. The third-order valence-electron chi connectivity index (χ3n) is 5.27. The molecule has 3 aromatic rings. The summed E-state index contributed by atoms with van der Waals surface area (Å²) < 4.78 is 7.18. The third-order valence-corrected chi connectivity index (χ3v) is 5.27. The van der Waals surface area contributed by atoms with Crippen LogP contribution >= 0.6 is 12.4 Å². The fraction of sp³-hybridized carbons (Fsp3) is 0.333. The van der Waals surface area contributed by atoms with Gasteiger partial charge in [-0.05, 0) is 49.9 Å². The van der Waals surface area contributed by atoms with Crippen molar-refractivity contribution in [1.82, 2.24) is 14.7 Å². The Morgan fingerprint density at radius 3 is 2.50 bits per heavy atom. The number of hydrogen-bond acceptors (Lipinski definition) is 4. The molecular formula is C21H25ClN4O2. The first kappa shape index (κ1) is 20.2. The molecule has 1 aromatic carbocycles. The largest absolute Gasteiger partial charge is 0.463 e. The number of para-hydroxylation sites is 1. The molecule has 1 aliphatic rings. The van der Waals surface area contributed by atoms with Crippen LogP contribution in [-0.2, 0) is 0 Å². The number of benzene rings is 1. The van der Waals surface area contributed by atoms with Gasteiger partial charge in [-0.15, -0.1) is 12.4 Å². The Hall–Kier alpha value is -2.57. The Morgan fingerprint density at radius 1 is 1.18 bits per heavy atom. The van der Waals surface area contributed by atoms with Gasteiger partial charge in [0.15, 0.2) is 5.76 Å². The molecule has 28 heavy (non-hydrogen) atoms. The SMILES string of the molecule is CC(N)C1CCN(C(=O)c2cc(-c3ccco3)nn2-c2ccccc2)CC1.Cl. The van der Waals surface area contributed by atoms with Crippen LogP contribution in [0.4, 0.5) is 0 Å². The predicted molar refractivity (Wildman–Crippen MR) is 111 cm³/mol. The number of hydrogen-bond donors (Lipinski definition) is 1. The minimum absolute atomic E-state index is 0. The number of carbonyl (C=O) groups is 1. The predicted octanol–water partition coefficient (Wildman–Crippen LogP) is 3.75. The molecule has 3 heterocycles. The number of furan rings is 1. The van der Waals surface area contributed by atoms with Crippen molar-refractivity contribution in [1.29, 1.82) is 0 Å². The van der Waals surface area contributed by atoms with Crippen LogP contribution in [-0.4, -0.2) is 39.7 Å². The zero-order chi connectivity index (χ0) is 18.8. The van der Waals surface area contributed by atoms with Gasteiger partial charge in [-0.25, -0.2) is 4.68 Å². The topological polar surface area (TPSA) is 77.3 Å². The molecule has 0 spiro atoms. The van der Waals surface area contributed by atoms with Crippen molar-refractivity contribution >= 4 is 18.3 Å². The molecule has 0 bridgehead atoms. The highest BCUT2D eigenvalue weighted by molar-refractivity contribution is 5.94. The van der Waals surface area contributed by atoms with E-state index < -0.39 is 0 Å². The molecule has 2 aromatic heterocycles. The minimum Gasteiger partial charge on any atom is -0.463 e. The summed E-state index contributed by atoms with van der Waals surface area (Å²) >= 11 is 0. The van der Waals surface area contributed by atoms with Gasteiger partial charge in [0, 0.05) is 25.2 Å². The standard InChI is InChI=1S/C21H24N4O2.ClH/c1-15(22)16-9-11-24(12-10-16)21(26)19-14-18(20-8-5-13-27-20)23-25(19)17-6-3-2-4-7-17;/h2-8,13-16H,9-12,22H2,1H3;1H. The minimum atomic E-state index is -0.00714. The summed E-state index contributed by atoms with van der Waals surface area (Å²) in [6, 6.07) is 15.3. The highest BCUT2D eigenvalue weighted by Gasteiger charge is 2.28. The lowest BCUT2D eigenvalue weighted by atomic mass is 9.91. The highest BCUT2D eigenvalue weighted by atomic mass is 35.5. The number of carbonyl (C=O) groups excluding carboxylic acids is 1. The van der Waals surface area contributed by atoms with Crippen molar-refractivity contribution in [2.45, 2.75) is 25.8 Å². The zero-order valence-electron chi connectivity index (χ0n) is 15.8. The summed E-state index contributed by atoms with van der Waals surface area (Å²) in [7, 11) is 0. The summed E-state index contributed by atoms with van der Waals surface area (Å²) in [5.74, 6) is 1.12. The molecule has 1 unspecified atom stereocenters. The molecule has 1 atom stereocenters. The molecule has 148 valence electrons. The van der Waals surface area contributed by atoms with E-state index in [1.807, 2.05) is 60.4 Å². The molecule has 0 radical (unpaired) electrons. The Labute approximate surface area is 170 Å². The second-order valence-electron chi connectivity index (χ2n) is 7.13. The van der Waals surface area contributed by atoms with E-state index in [-0.39, 0.29) is 24.4 Å². The summed E-state index contributed by atoms with van der Waals surface area (Å²) in [5, 5.41) is 4.64. The van der Waals surface area contributed by atoms with Gasteiger partial charge in [0.25, 0.3) is 5.91 Å². The molecule has 0 aliphatic carbocycles. The molecule has 6 nitrogen and oxygen atoms in total. The lowest BCUT2D eigenvalue weighted by molar-refractivity contribution is 0.0672. The summed E-state index contributed by atoms with van der Waals surface area (Å²) in [4.78, 5) is 15.2. The van der Waals surface area contributed by atoms with Crippen LogP contribution in [0.1, 0.15) is 30.3 Å². The van der Waals surface area contributed by atoms with E-state index in [4.69, 9.17) is 10.2 Å². The van der Waals surface area contributed by atoms with Crippen LogP contribution in [0, 0.1) is 5.92 Å². The quantitative estimate of drug-likeness (QED) is 0.723. The van der Waals surface area contributed by atoms with Crippen molar-refractivity contribution in [2.75, 3.05) is 13.1 Å². The Morgan fingerprint density at radius 2 is 1.89 bits per heavy atom. The first-order valence-electron chi connectivity index (χ1n) is 9.37. The number of rotatable bonds is 4. The van der Waals surface area contributed by atoms with Crippen LogP contribution in [0.2, 0.25) is 0 Å². The number of halogens is 1. The molecule has 1 saturated heterocycles. The molecule has 1 fully saturated rings. The van der Waals surface area contributed by atoms with E-state index in [0.29, 0.717) is 23.1 Å². The van der Waals surface area contributed by atoms with Gasteiger partial charge < -0.3 is 15.1 Å². The van der Waals surface area contributed by atoms with Crippen LogP contribution in [0.15, 0.2) is 59.2 Å². The fourth-order valence-corrected chi connectivity index (χ4v) is 3.63. The van der Waals surface area contributed by atoms with Gasteiger partial charge in [0.1, 0.15) is 11.4 Å². The van der Waals surface area contributed by atoms with E-state index in [0.717, 1.165) is 31.6 Å². The van der Waals surface area contributed by atoms with E-state index in [1.54, 1.807) is 10.9 Å². The molecule has 2 N–H and O–H groups in total. The van der Waals surface area contributed by atoms with Gasteiger partial charge in [-0.3, -0.25) is 4.79 Å². The smallest absolute Gasteiger partial charge is 0.272 e. The lowest BCUT2D eigenvalue weighted by Crippen LogP contribution is -2.43. The van der Waals surface area contributed by atoms with E-state index >= 15 is 0 Å². The van der Waals surface area contributed by atoms with Crippen LogP contribution in [0.3, 0.4) is 0 Å². The molecule has 7 heteroatoms. The fourth-order valence-electron chi connectivity index (χ4n) is 3.63. The summed E-state index contributed by atoms with van der Waals surface area (Å²) in [6.45, 7) is 3.49. The third kappa shape index (κ3) is 3.98. The normalized spacial score (nSPS) is 15.9. The van der Waals surface area contributed by atoms with Crippen molar-refractivity contribution in [3.8, 4) is 17.1 Å². The molecule has 4 rings (SSSR count). The second kappa shape index (κ2) is 8.63. The van der Waals surface area contributed by atoms with Gasteiger partial charge in [-0.2, -0.15) is 5.10 Å². The number of likely N-dealkylation sites (tertiary alicyclic amines) is 1. The zero-order valence-corrected chi connectivity index (χ0v) is 16.6. The van der Waals surface area contributed by atoms with Crippen LogP contribution < -0.4 is 5.73 Å². The lowest BCUT2D eigenvalue weighted by Gasteiger charge is -2.33. The molecular weight excluding hydrogens is 376 g/mol. The maximum Gasteiger partial charge on any atom is 0.272 e. The maximum atomic E-state index is 13.3. The molecule has 0 saturated carbocycles. The monoisotopic (exact) mass is 400 g/mol.